The summed E-state index contributed by atoms with van der Waals surface area (Å²) in [6.07, 6.45) is 18.3. The Labute approximate surface area is 258 Å². The summed E-state index contributed by atoms with van der Waals surface area (Å²) < 4.78 is 12.5. The molecule has 1 aliphatic heterocycles. The Morgan fingerprint density at radius 2 is 1.65 bits per heavy atom. The van der Waals surface area contributed by atoms with Crippen LogP contribution >= 0.6 is 0 Å². The molecule has 6 heteroatoms. The predicted molar refractivity (Wildman–Crippen MR) is 175 cm³/mol. The van der Waals surface area contributed by atoms with E-state index in [1.807, 2.05) is 20.8 Å². The maximum absolute atomic E-state index is 12.7. The summed E-state index contributed by atoms with van der Waals surface area (Å²) in [6.45, 7) is 16.7. The lowest BCUT2D eigenvalue weighted by molar-refractivity contribution is -0.133. The van der Waals surface area contributed by atoms with Gasteiger partial charge in [0.15, 0.2) is 0 Å². The van der Waals surface area contributed by atoms with Crippen molar-refractivity contribution in [1.29, 1.82) is 0 Å². The maximum atomic E-state index is 12.7. The summed E-state index contributed by atoms with van der Waals surface area (Å²) in [7, 11) is 0. The van der Waals surface area contributed by atoms with Crippen LogP contribution in [0.4, 0.5) is 0 Å². The van der Waals surface area contributed by atoms with E-state index in [-0.39, 0.29) is 18.1 Å². The number of rotatable bonds is 13. The molecule has 1 N–H and O–H groups in total. The van der Waals surface area contributed by atoms with Crippen LogP contribution in [0.25, 0.3) is 0 Å². The Bertz CT molecular complexity index is 1380. The molecule has 0 bridgehead atoms. The predicted octanol–water partition coefficient (Wildman–Crippen LogP) is 8.63. The van der Waals surface area contributed by atoms with Crippen LogP contribution < -0.4 is 14.8 Å². The van der Waals surface area contributed by atoms with Gasteiger partial charge < -0.3 is 14.8 Å². The molecule has 43 heavy (non-hydrogen) atoms. The maximum Gasteiger partial charge on any atom is 0.330 e. The van der Waals surface area contributed by atoms with Crippen LogP contribution in [0.1, 0.15) is 112 Å². The number of esters is 1. The zero-order valence-electron chi connectivity index (χ0n) is 27.5. The quantitative estimate of drug-likeness (QED) is 0.144. The molecule has 1 aromatic heterocycles. The van der Waals surface area contributed by atoms with Crippen molar-refractivity contribution in [3.05, 3.63) is 87.3 Å². The third kappa shape index (κ3) is 9.94. The van der Waals surface area contributed by atoms with E-state index in [9.17, 15) is 9.59 Å². The summed E-state index contributed by atoms with van der Waals surface area (Å²) in [5, 5.41) is 2.61. The highest BCUT2D eigenvalue weighted by Crippen LogP contribution is 2.44. The smallest absolute Gasteiger partial charge is 0.330 e. The van der Waals surface area contributed by atoms with Gasteiger partial charge in [-0.3, -0.25) is 9.78 Å². The van der Waals surface area contributed by atoms with Gasteiger partial charge in [-0.1, -0.05) is 34.9 Å². The summed E-state index contributed by atoms with van der Waals surface area (Å²) in [4.78, 5) is 28.9. The molecule has 0 saturated heterocycles. The van der Waals surface area contributed by atoms with E-state index in [0.29, 0.717) is 11.3 Å². The lowest BCUT2D eigenvalue weighted by Crippen LogP contribution is -2.37. The van der Waals surface area contributed by atoms with Crippen molar-refractivity contribution in [2.45, 2.75) is 112 Å². The molecule has 6 nitrogen and oxygen atoms in total. The first-order valence-corrected chi connectivity index (χ1v) is 15.6. The van der Waals surface area contributed by atoms with Crippen LogP contribution in [0, 0.1) is 20.8 Å². The summed E-state index contributed by atoms with van der Waals surface area (Å²) in [6, 6.07) is 3.32. The highest BCUT2D eigenvalue weighted by atomic mass is 16.5. The number of carbonyl (C=O) groups is 2. The third-order valence-corrected chi connectivity index (χ3v) is 8.38. The van der Waals surface area contributed by atoms with Crippen molar-refractivity contribution < 1.29 is 19.1 Å². The molecule has 3 rings (SSSR count). The normalized spacial score (nSPS) is 16.7. The van der Waals surface area contributed by atoms with Crippen LogP contribution in [-0.4, -0.2) is 29.0 Å². The van der Waals surface area contributed by atoms with E-state index in [2.05, 4.69) is 63.1 Å². The second-order valence-corrected chi connectivity index (χ2v) is 12.5. The fourth-order valence-electron chi connectivity index (χ4n) is 5.47. The molecule has 0 spiro atoms. The number of benzene rings is 1. The molecule has 0 aliphatic carbocycles. The number of ether oxygens (including phenoxy) is 2. The minimum atomic E-state index is -0.513. The molecule has 2 aromatic rings. The number of fused-ring (bicyclic) bond motifs is 1. The van der Waals surface area contributed by atoms with E-state index < -0.39 is 5.97 Å². The Balaban J connectivity index is 1.56. The zero-order valence-corrected chi connectivity index (χ0v) is 27.5. The number of hydrogen-bond acceptors (Lipinski definition) is 5. The number of hydrogen-bond donors (Lipinski definition) is 1. The van der Waals surface area contributed by atoms with E-state index >= 15 is 0 Å². The molecular formula is C37H50N2O4. The number of carbonyl (C=O) groups excluding carboxylic acids is 2. The summed E-state index contributed by atoms with van der Waals surface area (Å²) in [5.41, 5.74) is 8.33. The van der Waals surface area contributed by atoms with Gasteiger partial charge in [0.1, 0.15) is 23.6 Å². The van der Waals surface area contributed by atoms with Gasteiger partial charge in [0.05, 0.1) is 5.56 Å². The lowest BCUT2D eigenvalue weighted by atomic mass is 9.85. The van der Waals surface area contributed by atoms with Crippen molar-refractivity contribution in [3.8, 4) is 11.5 Å². The fraction of sp³-hybridized carbons (Fsp3) is 0.486. The Kier molecular flexibility index (Phi) is 12.4. The average molecular weight is 587 g/mol. The van der Waals surface area contributed by atoms with Crippen LogP contribution in [-0.2, 0) is 11.2 Å². The van der Waals surface area contributed by atoms with Gasteiger partial charge in [-0.2, -0.15) is 0 Å². The molecule has 1 amide bonds. The van der Waals surface area contributed by atoms with Gasteiger partial charge in [-0.05, 0) is 136 Å². The first kappa shape index (κ1) is 33.8. The minimum absolute atomic E-state index is 0.226. The standard InChI is InChI=1S/C37H50N2O4/c1-25(2)13-9-14-26(3)15-10-16-27(4)17-11-20-37(8)21-19-32-30(7)34(28(5)29(6)35(32)43-37)42-33(40)24-39-36(41)31-18-12-22-38-23-31/h12-13,15,17-18,22-23H,9-11,14,16,19-21,24H2,1-8H3,(H,39,41)/b26-15+,27-17+/t37-/m1/s1. The third-order valence-electron chi connectivity index (χ3n) is 8.38. The highest BCUT2D eigenvalue weighted by Gasteiger charge is 2.34. The van der Waals surface area contributed by atoms with E-state index in [1.54, 1.807) is 18.3 Å². The number of aromatic nitrogens is 1. The molecule has 0 radical (unpaired) electrons. The van der Waals surface area contributed by atoms with Crippen molar-refractivity contribution in [2.75, 3.05) is 6.54 Å². The lowest BCUT2D eigenvalue weighted by Gasteiger charge is -2.38. The molecule has 1 aliphatic rings. The van der Waals surface area contributed by atoms with Crippen molar-refractivity contribution in [1.82, 2.24) is 10.3 Å². The first-order chi connectivity index (χ1) is 20.4. The molecule has 0 fully saturated rings. The molecule has 1 aromatic carbocycles. The molecular weight excluding hydrogens is 536 g/mol. The van der Waals surface area contributed by atoms with E-state index in [1.165, 1.54) is 22.9 Å². The van der Waals surface area contributed by atoms with Gasteiger partial charge >= 0.3 is 5.97 Å². The van der Waals surface area contributed by atoms with Crippen LogP contribution in [0.2, 0.25) is 0 Å². The van der Waals surface area contributed by atoms with Crippen LogP contribution in [0.5, 0.6) is 11.5 Å². The Hall–Kier alpha value is -3.67. The first-order valence-electron chi connectivity index (χ1n) is 15.6. The van der Waals surface area contributed by atoms with Gasteiger partial charge in [0.2, 0.25) is 0 Å². The number of allylic oxidation sites excluding steroid dienone is 6. The van der Waals surface area contributed by atoms with Gasteiger partial charge in [0.25, 0.3) is 5.91 Å². The SMILES string of the molecule is CC(C)=CCC/C(C)=C/CC/C(C)=C/CC[C@]1(C)CCc2c(C)c(OC(=O)CNC(=O)c3cccnc3)c(C)c(C)c2O1. The molecule has 0 saturated carbocycles. The number of nitrogens with zero attached hydrogens (tertiary/aromatic N) is 1. The summed E-state index contributed by atoms with van der Waals surface area (Å²) >= 11 is 0. The minimum Gasteiger partial charge on any atom is -0.487 e. The number of amides is 1. The Morgan fingerprint density at radius 3 is 2.30 bits per heavy atom. The average Bonchev–Trinajstić information content (AvgIpc) is 2.97. The van der Waals surface area contributed by atoms with Crippen LogP contribution in [0.15, 0.2) is 59.5 Å². The Morgan fingerprint density at radius 1 is 0.977 bits per heavy atom. The van der Waals surface area contributed by atoms with Crippen molar-refractivity contribution in [3.63, 3.8) is 0 Å². The largest absolute Gasteiger partial charge is 0.487 e. The molecule has 1 atom stereocenters. The number of pyridine rings is 1. The van der Waals surface area contributed by atoms with Crippen LogP contribution in [0.3, 0.4) is 0 Å². The van der Waals surface area contributed by atoms with Gasteiger partial charge in [-0.15, -0.1) is 0 Å². The van der Waals surface area contributed by atoms with E-state index in [0.717, 1.165) is 79.4 Å². The molecule has 232 valence electrons. The molecule has 2 heterocycles. The molecule has 0 unspecified atom stereocenters. The second kappa shape index (κ2) is 15.7. The highest BCUT2D eigenvalue weighted by molar-refractivity contribution is 5.95. The zero-order chi connectivity index (χ0) is 31.6. The summed E-state index contributed by atoms with van der Waals surface area (Å²) in [5.74, 6) is 0.600. The number of nitrogens with one attached hydrogen (secondary N) is 1. The van der Waals surface area contributed by atoms with Gasteiger partial charge in [0, 0.05) is 18.0 Å². The topological polar surface area (TPSA) is 77.5 Å². The second-order valence-electron chi connectivity index (χ2n) is 12.5. The fourth-order valence-corrected chi connectivity index (χ4v) is 5.47. The van der Waals surface area contributed by atoms with Crippen molar-refractivity contribution in [2.24, 2.45) is 0 Å². The van der Waals surface area contributed by atoms with Gasteiger partial charge in [-0.25, -0.2) is 4.79 Å². The van der Waals surface area contributed by atoms with E-state index in [4.69, 9.17) is 9.47 Å². The van der Waals surface area contributed by atoms with Crippen molar-refractivity contribution >= 4 is 11.9 Å². The monoisotopic (exact) mass is 586 g/mol.